The zero-order valence-corrected chi connectivity index (χ0v) is 12.4. The minimum atomic E-state index is 0.0714. The van der Waals surface area contributed by atoms with E-state index in [0.717, 1.165) is 34.6 Å². The Morgan fingerprint density at radius 2 is 1.89 bits per heavy atom. The van der Waals surface area contributed by atoms with Gasteiger partial charge in [0, 0.05) is 11.3 Å². The Morgan fingerprint density at radius 1 is 1.21 bits per heavy atom. The Labute approximate surface area is 117 Å². The molecule has 2 aromatic rings. The monoisotopic (exact) mass is 277 g/mol. The van der Waals surface area contributed by atoms with Crippen molar-refractivity contribution >= 4 is 11.3 Å². The highest BCUT2D eigenvalue weighted by atomic mass is 32.1. The summed E-state index contributed by atoms with van der Waals surface area (Å²) in [6.45, 7) is 6.78. The number of hydrogen-bond donors (Lipinski definition) is 1. The summed E-state index contributed by atoms with van der Waals surface area (Å²) in [6, 6.07) is 3.95. The zero-order valence-electron chi connectivity index (χ0n) is 11.6. The van der Waals surface area contributed by atoms with E-state index in [0.29, 0.717) is 6.61 Å². The molecule has 0 atom stereocenters. The molecule has 0 saturated heterocycles. The largest absolute Gasteiger partial charge is 0.493 e. The van der Waals surface area contributed by atoms with Crippen molar-refractivity contribution in [2.75, 3.05) is 6.61 Å². The van der Waals surface area contributed by atoms with E-state index in [-0.39, 0.29) is 6.61 Å². The lowest BCUT2D eigenvalue weighted by atomic mass is 10.1. The Morgan fingerprint density at radius 3 is 2.42 bits per heavy atom. The molecule has 0 aliphatic carbocycles. The second-order valence-electron chi connectivity index (χ2n) is 4.68. The first-order valence-electron chi connectivity index (χ1n) is 6.34. The first-order chi connectivity index (χ1) is 9.11. The number of nitrogens with zero attached hydrogens (tertiary/aromatic N) is 1. The van der Waals surface area contributed by atoms with Crippen LogP contribution in [0.3, 0.4) is 0 Å². The van der Waals surface area contributed by atoms with Gasteiger partial charge >= 0.3 is 0 Å². The lowest BCUT2D eigenvalue weighted by Gasteiger charge is -2.13. The molecule has 0 spiro atoms. The van der Waals surface area contributed by atoms with Crippen molar-refractivity contribution in [2.24, 2.45) is 0 Å². The van der Waals surface area contributed by atoms with Crippen molar-refractivity contribution in [3.05, 3.63) is 44.9 Å². The van der Waals surface area contributed by atoms with Crippen LogP contribution in [-0.4, -0.2) is 16.7 Å². The minimum Gasteiger partial charge on any atom is -0.493 e. The van der Waals surface area contributed by atoms with Gasteiger partial charge in [-0.1, -0.05) is 12.1 Å². The van der Waals surface area contributed by atoms with Crippen LogP contribution >= 0.6 is 11.3 Å². The molecule has 1 heterocycles. The number of aliphatic hydroxyl groups is 1. The highest BCUT2D eigenvalue weighted by molar-refractivity contribution is 7.09. The van der Waals surface area contributed by atoms with E-state index in [1.807, 2.05) is 38.4 Å². The number of aryl methyl sites for hydroxylation is 3. The van der Waals surface area contributed by atoms with Crippen molar-refractivity contribution in [1.82, 2.24) is 4.98 Å². The van der Waals surface area contributed by atoms with E-state index in [9.17, 15) is 0 Å². The van der Waals surface area contributed by atoms with Crippen molar-refractivity contribution < 1.29 is 9.84 Å². The third-order valence-corrected chi connectivity index (χ3v) is 4.12. The summed E-state index contributed by atoms with van der Waals surface area (Å²) < 4.78 is 5.89. The molecule has 4 heteroatoms. The summed E-state index contributed by atoms with van der Waals surface area (Å²) in [5.41, 5.74) is 6.05. The van der Waals surface area contributed by atoms with Gasteiger partial charge in [-0.25, -0.2) is 4.98 Å². The van der Waals surface area contributed by atoms with Gasteiger partial charge < -0.3 is 9.84 Å². The molecule has 2 rings (SSSR count). The van der Waals surface area contributed by atoms with Gasteiger partial charge in [-0.2, -0.15) is 0 Å². The van der Waals surface area contributed by atoms with Gasteiger partial charge in [-0.3, -0.25) is 0 Å². The van der Waals surface area contributed by atoms with Gasteiger partial charge in [-0.05, 0) is 37.5 Å². The fourth-order valence-corrected chi connectivity index (χ4v) is 2.93. The number of thiazole rings is 1. The Bertz CT molecular complexity index is 540. The van der Waals surface area contributed by atoms with Crippen molar-refractivity contribution in [3.63, 3.8) is 0 Å². The van der Waals surface area contributed by atoms with Gasteiger partial charge in [-0.15, -0.1) is 11.3 Å². The minimum absolute atomic E-state index is 0.0714. The molecule has 102 valence electrons. The number of rotatable bonds is 5. The standard InChI is InChI=1S/C15H19NO2S/c1-10-6-13(8-17)7-11(2)15(10)18-5-4-14-12(3)16-9-19-14/h6-7,9,17H,4-5,8H2,1-3H3. The molecule has 0 radical (unpaired) electrons. The fourth-order valence-electron chi connectivity index (χ4n) is 2.17. The van der Waals surface area contributed by atoms with E-state index in [1.54, 1.807) is 11.3 Å². The Hall–Kier alpha value is -1.39. The van der Waals surface area contributed by atoms with Crippen LogP contribution in [0.4, 0.5) is 0 Å². The molecule has 0 amide bonds. The summed E-state index contributed by atoms with van der Waals surface area (Å²) >= 11 is 1.67. The van der Waals surface area contributed by atoms with Crippen molar-refractivity contribution in [3.8, 4) is 5.75 Å². The van der Waals surface area contributed by atoms with E-state index in [1.165, 1.54) is 4.88 Å². The lowest BCUT2D eigenvalue weighted by molar-refractivity contribution is 0.280. The van der Waals surface area contributed by atoms with E-state index >= 15 is 0 Å². The number of aliphatic hydroxyl groups excluding tert-OH is 1. The summed E-state index contributed by atoms with van der Waals surface area (Å²) in [6.07, 6.45) is 0.886. The van der Waals surface area contributed by atoms with Gasteiger partial charge in [0.1, 0.15) is 5.75 Å². The molecular formula is C15H19NO2S. The van der Waals surface area contributed by atoms with Crippen LogP contribution < -0.4 is 4.74 Å². The van der Waals surface area contributed by atoms with Crippen LogP contribution in [0.25, 0.3) is 0 Å². The Kier molecular flexibility index (Phi) is 4.56. The fraction of sp³-hybridized carbons (Fsp3) is 0.400. The SMILES string of the molecule is Cc1cc(CO)cc(C)c1OCCc1scnc1C. The average molecular weight is 277 g/mol. The lowest BCUT2D eigenvalue weighted by Crippen LogP contribution is -2.04. The number of benzene rings is 1. The molecule has 3 nitrogen and oxygen atoms in total. The van der Waals surface area contributed by atoms with Crippen LogP contribution in [0, 0.1) is 20.8 Å². The molecule has 0 aliphatic rings. The molecule has 0 saturated carbocycles. The highest BCUT2D eigenvalue weighted by Crippen LogP contribution is 2.25. The van der Waals surface area contributed by atoms with Crippen LogP contribution in [0.15, 0.2) is 17.6 Å². The van der Waals surface area contributed by atoms with Crippen molar-refractivity contribution in [2.45, 2.75) is 33.8 Å². The number of aromatic nitrogens is 1. The number of ether oxygens (including phenoxy) is 1. The van der Waals surface area contributed by atoms with Crippen molar-refractivity contribution in [1.29, 1.82) is 0 Å². The van der Waals surface area contributed by atoms with Gasteiger partial charge in [0.25, 0.3) is 0 Å². The molecule has 0 fully saturated rings. The first-order valence-corrected chi connectivity index (χ1v) is 7.22. The highest BCUT2D eigenvalue weighted by Gasteiger charge is 2.07. The summed E-state index contributed by atoms with van der Waals surface area (Å²) in [5, 5.41) is 9.16. The third-order valence-electron chi connectivity index (χ3n) is 3.12. The third kappa shape index (κ3) is 3.33. The topological polar surface area (TPSA) is 42.4 Å². The molecule has 0 unspecified atom stereocenters. The maximum Gasteiger partial charge on any atom is 0.125 e. The maximum absolute atomic E-state index is 9.16. The smallest absolute Gasteiger partial charge is 0.125 e. The van der Waals surface area contributed by atoms with Crippen LogP contribution in [0.2, 0.25) is 0 Å². The van der Waals surface area contributed by atoms with Gasteiger partial charge in [0.05, 0.1) is 24.4 Å². The molecule has 0 aliphatic heterocycles. The number of hydrogen-bond acceptors (Lipinski definition) is 4. The van der Waals surface area contributed by atoms with Crippen LogP contribution in [-0.2, 0) is 13.0 Å². The van der Waals surface area contributed by atoms with E-state index in [2.05, 4.69) is 4.98 Å². The summed E-state index contributed by atoms with van der Waals surface area (Å²) in [4.78, 5) is 5.52. The second kappa shape index (κ2) is 6.17. The molecule has 1 aromatic carbocycles. The maximum atomic E-state index is 9.16. The second-order valence-corrected chi connectivity index (χ2v) is 5.62. The van der Waals surface area contributed by atoms with Crippen LogP contribution in [0.5, 0.6) is 5.75 Å². The normalized spacial score (nSPS) is 10.7. The Balaban J connectivity index is 2.02. The molecule has 0 bridgehead atoms. The van der Waals surface area contributed by atoms with E-state index < -0.39 is 0 Å². The summed E-state index contributed by atoms with van der Waals surface area (Å²) in [5.74, 6) is 0.930. The summed E-state index contributed by atoms with van der Waals surface area (Å²) in [7, 11) is 0. The predicted octanol–water partition coefficient (Wildman–Crippen LogP) is 3.18. The zero-order chi connectivity index (χ0) is 13.8. The first kappa shape index (κ1) is 14.0. The molecular weight excluding hydrogens is 258 g/mol. The predicted molar refractivity (Wildman–Crippen MR) is 77.9 cm³/mol. The van der Waals surface area contributed by atoms with Crippen LogP contribution in [0.1, 0.15) is 27.3 Å². The quantitative estimate of drug-likeness (QED) is 0.912. The molecule has 1 aromatic heterocycles. The van der Waals surface area contributed by atoms with E-state index in [4.69, 9.17) is 9.84 Å². The average Bonchev–Trinajstić information content (AvgIpc) is 2.78. The van der Waals surface area contributed by atoms with Gasteiger partial charge in [0.2, 0.25) is 0 Å². The molecule has 19 heavy (non-hydrogen) atoms. The van der Waals surface area contributed by atoms with Gasteiger partial charge in [0.15, 0.2) is 0 Å². The molecule has 1 N–H and O–H groups in total.